The van der Waals surface area contributed by atoms with E-state index in [9.17, 15) is 18.0 Å². The van der Waals surface area contributed by atoms with Crippen molar-refractivity contribution in [3.63, 3.8) is 0 Å². The van der Waals surface area contributed by atoms with E-state index in [1.807, 2.05) is 0 Å². The van der Waals surface area contributed by atoms with Crippen LogP contribution in [0.1, 0.15) is 23.7 Å². The molecule has 2 N–H and O–H groups in total. The Morgan fingerprint density at radius 3 is 2.47 bits per heavy atom. The molecule has 0 fully saturated rings. The molecule has 1 aromatic rings. The van der Waals surface area contributed by atoms with E-state index in [0.29, 0.717) is 6.07 Å². The topological polar surface area (TPSA) is 60.8 Å². The van der Waals surface area contributed by atoms with Crippen LogP contribution in [-0.4, -0.2) is 40.7 Å². The van der Waals surface area contributed by atoms with Gasteiger partial charge in [0.25, 0.3) is 5.91 Å². The van der Waals surface area contributed by atoms with Gasteiger partial charge in [-0.3, -0.25) is 4.79 Å². The van der Waals surface area contributed by atoms with Crippen LogP contribution in [-0.2, 0) is 0 Å². The number of amides is 1. The standard InChI is InChI=1S/C12H14F3NO3/c1-6(17)3-4-16(2)12(19)7-5-8(13)10(15)11(18)9(7)14/h5-6,17-18H,3-4H2,1-2H3. The lowest BCUT2D eigenvalue weighted by molar-refractivity contribution is 0.0762. The summed E-state index contributed by atoms with van der Waals surface area (Å²) in [5.41, 5.74) is -0.760. The van der Waals surface area contributed by atoms with Crippen molar-refractivity contribution in [3.8, 4) is 5.75 Å². The molecule has 1 atom stereocenters. The number of aliphatic hydroxyl groups excluding tert-OH is 1. The normalized spacial score (nSPS) is 12.3. The molecule has 19 heavy (non-hydrogen) atoms. The Kier molecular flexibility index (Phi) is 4.77. The van der Waals surface area contributed by atoms with Gasteiger partial charge < -0.3 is 15.1 Å². The minimum absolute atomic E-state index is 0.107. The van der Waals surface area contributed by atoms with Crippen LogP contribution in [0.15, 0.2) is 6.07 Å². The van der Waals surface area contributed by atoms with Crippen LogP contribution < -0.4 is 0 Å². The zero-order valence-electron chi connectivity index (χ0n) is 10.5. The van der Waals surface area contributed by atoms with Gasteiger partial charge in [-0.15, -0.1) is 0 Å². The number of aromatic hydroxyl groups is 1. The molecule has 1 aromatic carbocycles. The maximum absolute atomic E-state index is 13.5. The van der Waals surface area contributed by atoms with Gasteiger partial charge in [0.1, 0.15) is 0 Å². The molecule has 0 aliphatic carbocycles. The van der Waals surface area contributed by atoms with Gasteiger partial charge in [0.05, 0.1) is 11.7 Å². The molecule has 0 bridgehead atoms. The predicted octanol–water partition coefficient (Wildman–Crippen LogP) is 1.65. The van der Waals surface area contributed by atoms with Gasteiger partial charge in [0, 0.05) is 13.6 Å². The summed E-state index contributed by atoms with van der Waals surface area (Å²) < 4.78 is 39.4. The molecule has 1 unspecified atom stereocenters. The Labute approximate surface area is 108 Å². The van der Waals surface area contributed by atoms with E-state index >= 15 is 0 Å². The number of rotatable bonds is 4. The number of halogens is 3. The fourth-order valence-electron chi connectivity index (χ4n) is 1.43. The lowest BCUT2D eigenvalue weighted by Crippen LogP contribution is -2.30. The first-order chi connectivity index (χ1) is 8.75. The molecule has 0 spiro atoms. The molecular weight excluding hydrogens is 263 g/mol. The Balaban J connectivity index is 3.00. The first-order valence-corrected chi connectivity index (χ1v) is 5.55. The fraction of sp³-hybridized carbons (Fsp3) is 0.417. The average molecular weight is 277 g/mol. The molecule has 0 aliphatic rings. The quantitative estimate of drug-likeness (QED) is 0.823. The molecule has 0 radical (unpaired) electrons. The van der Waals surface area contributed by atoms with Crippen molar-refractivity contribution < 1.29 is 28.2 Å². The van der Waals surface area contributed by atoms with Gasteiger partial charge in [-0.05, 0) is 19.4 Å². The predicted molar refractivity (Wildman–Crippen MR) is 61.2 cm³/mol. The third-order valence-corrected chi connectivity index (χ3v) is 2.59. The SMILES string of the molecule is CC(O)CCN(C)C(=O)c1cc(F)c(F)c(O)c1F. The van der Waals surface area contributed by atoms with Crippen LogP contribution in [0.25, 0.3) is 0 Å². The highest BCUT2D eigenvalue weighted by Gasteiger charge is 2.24. The Morgan fingerprint density at radius 2 is 1.95 bits per heavy atom. The summed E-state index contributed by atoms with van der Waals surface area (Å²) in [6.45, 7) is 1.62. The van der Waals surface area contributed by atoms with Crippen LogP contribution in [0, 0.1) is 17.5 Å². The Bertz CT molecular complexity index is 492. The highest BCUT2D eigenvalue weighted by atomic mass is 19.2. The molecule has 106 valence electrons. The number of phenolic OH excluding ortho intramolecular Hbond substituents is 1. The first-order valence-electron chi connectivity index (χ1n) is 5.55. The number of hydrogen-bond donors (Lipinski definition) is 2. The summed E-state index contributed by atoms with van der Waals surface area (Å²) >= 11 is 0. The van der Waals surface area contributed by atoms with Gasteiger partial charge in [-0.2, -0.15) is 4.39 Å². The highest BCUT2D eigenvalue weighted by Crippen LogP contribution is 2.26. The molecule has 1 rings (SSSR count). The van der Waals surface area contributed by atoms with Crippen molar-refractivity contribution in [1.29, 1.82) is 0 Å². The highest BCUT2D eigenvalue weighted by molar-refractivity contribution is 5.94. The molecule has 0 saturated carbocycles. The molecule has 0 saturated heterocycles. The zero-order chi connectivity index (χ0) is 14.7. The van der Waals surface area contributed by atoms with Crippen molar-refractivity contribution in [2.24, 2.45) is 0 Å². The van der Waals surface area contributed by atoms with Crippen molar-refractivity contribution >= 4 is 5.91 Å². The molecule has 0 aliphatic heterocycles. The van der Waals surface area contributed by atoms with E-state index < -0.39 is 40.8 Å². The second-order valence-corrected chi connectivity index (χ2v) is 4.25. The van der Waals surface area contributed by atoms with Crippen LogP contribution in [0.5, 0.6) is 5.75 Å². The fourth-order valence-corrected chi connectivity index (χ4v) is 1.43. The Hall–Kier alpha value is -1.76. The second kappa shape index (κ2) is 5.92. The Morgan fingerprint density at radius 1 is 1.37 bits per heavy atom. The van der Waals surface area contributed by atoms with Crippen molar-refractivity contribution in [2.45, 2.75) is 19.4 Å². The van der Waals surface area contributed by atoms with Crippen molar-refractivity contribution in [1.82, 2.24) is 4.90 Å². The minimum atomic E-state index is -1.74. The number of carbonyl (C=O) groups excluding carboxylic acids is 1. The number of phenols is 1. The van der Waals surface area contributed by atoms with Gasteiger partial charge in [-0.1, -0.05) is 0 Å². The maximum Gasteiger partial charge on any atom is 0.256 e. The van der Waals surface area contributed by atoms with Gasteiger partial charge >= 0.3 is 0 Å². The number of carbonyl (C=O) groups is 1. The monoisotopic (exact) mass is 277 g/mol. The third kappa shape index (κ3) is 3.37. The zero-order valence-corrected chi connectivity index (χ0v) is 10.5. The van der Waals surface area contributed by atoms with E-state index in [1.165, 1.54) is 14.0 Å². The summed E-state index contributed by atoms with van der Waals surface area (Å²) in [5, 5.41) is 18.1. The maximum atomic E-state index is 13.5. The van der Waals surface area contributed by atoms with Crippen LogP contribution >= 0.6 is 0 Å². The summed E-state index contributed by atoms with van der Waals surface area (Å²) in [7, 11) is 1.32. The van der Waals surface area contributed by atoms with E-state index in [-0.39, 0.29) is 13.0 Å². The number of aliphatic hydroxyl groups is 1. The summed E-state index contributed by atoms with van der Waals surface area (Å²) in [6.07, 6.45) is -0.405. The van der Waals surface area contributed by atoms with Gasteiger partial charge in [0.2, 0.25) is 5.82 Å². The molecule has 1 amide bonds. The number of benzene rings is 1. The van der Waals surface area contributed by atoms with Crippen LogP contribution in [0.4, 0.5) is 13.2 Å². The smallest absolute Gasteiger partial charge is 0.256 e. The van der Waals surface area contributed by atoms with Crippen molar-refractivity contribution in [2.75, 3.05) is 13.6 Å². The molecular formula is C12H14F3NO3. The summed E-state index contributed by atoms with van der Waals surface area (Å²) in [4.78, 5) is 12.8. The minimum Gasteiger partial charge on any atom is -0.503 e. The van der Waals surface area contributed by atoms with Crippen LogP contribution in [0.2, 0.25) is 0 Å². The van der Waals surface area contributed by atoms with E-state index in [0.717, 1.165) is 4.90 Å². The third-order valence-electron chi connectivity index (χ3n) is 2.59. The van der Waals surface area contributed by atoms with E-state index in [4.69, 9.17) is 10.2 Å². The molecule has 7 heteroatoms. The van der Waals surface area contributed by atoms with Crippen LogP contribution in [0.3, 0.4) is 0 Å². The number of nitrogens with zero attached hydrogens (tertiary/aromatic N) is 1. The summed E-state index contributed by atoms with van der Waals surface area (Å²) in [5.74, 6) is -7.18. The first kappa shape index (κ1) is 15.3. The summed E-state index contributed by atoms with van der Waals surface area (Å²) in [6, 6.07) is 0.394. The lowest BCUT2D eigenvalue weighted by atomic mass is 10.1. The molecule has 4 nitrogen and oxygen atoms in total. The molecule has 0 aromatic heterocycles. The van der Waals surface area contributed by atoms with Crippen molar-refractivity contribution in [3.05, 3.63) is 29.1 Å². The average Bonchev–Trinajstić information content (AvgIpc) is 2.36. The number of hydrogen-bond acceptors (Lipinski definition) is 3. The molecule has 0 heterocycles. The van der Waals surface area contributed by atoms with Gasteiger partial charge in [0.15, 0.2) is 17.4 Å². The van der Waals surface area contributed by atoms with Gasteiger partial charge in [-0.25, -0.2) is 8.78 Å². The largest absolute Gasteiger partial charge is 0.503 e. The second-order valence-electron chi connectivity index (χ2n) is 4.25. The lowest BCUT2D eigenvalue weighted by Gasteiger charge is -2.18. The van der Waals surface area contributed by atoms with E-state index in [2.05, 4.69) is 0 Å². The van der Waals surface area contributed by atoms with E-state index in [1.54, 1.807) is 0 Å².